The van der Waals surface area contributed by atoms with Crippen molar-refractivity contribution in [3.05, 3.63) is 218 Å². The van der Waals surface area contributed by atoms with Crippen molar-refractivity contribution in [1.82, 2.24) is 0 Å². The predicted molar refractivity (Wildman–Crippen MR) is 232 cm³/mol. The largest absolute Gasteiger partial charge is 0.0622 e. The zero-order valence-corrected chi connectivity index (χ0v) is 29.8. The Kier molecular flexibility index (Phi) is 7.93. The molecule has 0 saturated heterocycles. The first kappa shape index (κ1) is 31.7. The molecule has 0 N–H and O–H groups in total. The fraction of sp³-hybridized carbons (Fsp3) is 0. The number of fused-ring (bicyclic) bond motifs is 3. The highest BCUT2D eigenvalue weighted by Gasteiger charge is 2.19. The molecule has 252 valence electrons. The fourth-order valence-corrected chi connectivity index (χ4v) is 8.35. The quantitative estimate of drug-likeness (QED) is 0.153. The molecule has 0 spiro atoms. The minimum absolute atomic E-state index is 1.20. The van der Waals surface area contributed by atoms with Gasteiger partial charge in [0.2, 0.25) is 0 Å². The topological polar surface area (TPSA) is 0 Å². The minimum atomic E-state index is 1.20. The Balaban J connectivity index is 1.20. The molecule has 0 saturated carbocycles. The lowest BCUT2D eigenvalue weighted by Gasteiger charge is -2.20. The summed E-state index contributed by atoms with van der Waals surface area (Å²) in [6, 6.07) is 79.8. The van der Waals surface area contributed by atoms with E-state index in [9.17, 15) is 0 Å². The predicted octanol–water partition coefficient (Wildman–Crippen LogP) is 15.1. The van der Waals surface area contributed by atoms with E-state index < -0.39 is 0 Å². The van der Waals surface area contributed by atoms with Crippen LogP contribution in [0.15, 0.2) is 218 Å². The van der Waals surface area contributed by atoms with E-state index in [4.69, 9.17) is 0 Å². The SMILES string of the molecule is c1ccc(-c2ccc(-c3c4ccccc4c(-c4ccccc4)c4ccccc34)cc2-c2ccccc2-c2cccc(-c3ccc4ccccc4c3)c2)cc1. The first-order chi connectivity index (χ1) is 26.8. The molecule has 0 amide bonds. The molecule has 0 radical (unpaired) electrons. The van der Waals surface area contributed by atoms with E-state index in [1.807, 2.05) is 0 Å². The van der Waals surface area contributed by atoms with Gasteiger partial charge in [0.05, 0.1) is 0 Å². The van der Waals surface area contributed by atoms with Crippen LogP contribution in [0.1, 0.15) is 0 Å². The summed E-state index contributed by atoms with van der Waals surface area (Å²) < 4.78 is 0. The summed E-state index contributed by atoms with van der Waals surface area (Å²) in [5.41, 5.74) is 14.7. The average Bonchev–Trinajstić information content (AvgIpc) is 3.26. The van der Waals surface area contributed by atoms with Gasteiger partial charge in [-0.2, -0.15) is 0 Å². The molecule has 10 aromatic carbocycles. The highest BCUT2D eigenvalue weighted by Crippen LogP contribution is 2.46. The van der Waals surface area contributed by atoms with Crippen molar-refractivity contribution in [1.29, 1.82) is 0 Å². The zero-order valence-electron chi connectivity index (χ0n) is 29.8. The minimum Gasteiger partial charge on any atom is -0.0622 e. The van der Waals surface area contributed by atoms with E-state index in [1.165, 1.54) is 99.1 Å². The summed E-state index contributed by atoms with van der Waals surface area (Å²) in [6.07, 6.45) is 0. The molecule has 0 fully saturated rings. The van der Waals surface area contributed by atoms with E-state index in [1.54, 1.807) is 0 Å². The van der Waals surface area contributed by atoms with Crippen LogP contribution in [0.3, 0.4) is 0 Å². The number of benzene rings is 10. The number of hydrogen-bond acceptors (Lipinski definition) is 0. The molecule has 0 heterocycles. The standard InChI is InChI=1S/C54H36/c1-3-17-38(18-4-1)46-33-32-44(54-50-28-13-11-26-48(50)53(39-19-5-2-6-20-39)49-27-12-14-29-51(49)54)36-52(46)47-25-10-9-24-45(47)43-23-15-22-41(35-43)42-31-30-37-16-7-8-21-40(37)34-42/h1-36H. The van der Waals surface area contributed by atoms with Gasteiger partial charge in [-0.3, -0.25) is 0 Å². The average molecular weight is 685 g/mol. The van der Waals surface area contributed by atoms with E-state index in [0.29, 0.717) is 0 Å². The molecule has 0 nitrogen and oxygen atoms in total. The third-order valence-corrected chi connectivity index (χ3v) is 10.9. The molecule has 0 aromatic heterocycles. The summed E-state index contributed by atoms with van der Waals surface area (Å²) in [5, 5.41) is 7.54. The molecule has 10 aromatic rings. The summed E-state index contributed by atoms with van der Waals surface area (Å²) >= 11 is 0. The Morgan fingerprint density at radius 2 is 0.648 bits per heavy atom. The highest BCUT2D eigenvalue weighted by molar-refractivity contribution is 6.21. The third kappa shape index (κ3) is 5.57. The second-order valence-electron chi connectivity index (χ2n) is 14.0. The van der Waals surface area contributed by atoms with Gasteiger partial charge in [0.15, 0.2) is 0 Å². The molecule has 0 aliphatic rings. The van der Waals surface area contributed by atoms with Crippen molar-refractivity contribution in [3.8, 4) is 66.8 Å². The first-order valence-electron chi connectivity index (χ1n) is 18.7. The van der Waals surface area contributed by atoms with Gasteiger partial charge in [-0.05, 0) is 117 Å². The summed E-state index contributed by atoms with van der Waals surface area (Å²) in [6.45, 7) is 0. The molecular weight excluding hydrogens is 649 g/mol. The molecule has 0 atom stereocenters. The van der Waals surface area contributed by atoms with Crippen molar-refractivity contribution in [2.45, 2.75) is 0 Å². The van der Waals surface area contributed by atoms with Gasteiger partial charge in [-0.15, -0.1) is 0 Å². The van der Waals surface area contributed by atoms with Crippen LogP contribution >= 0.6 is 0 Å². The van der Waals surface area contributed by atoms with Gasteiger partial charge in [0, 0.05) is 0 Å². The first-order valence-corrected chi connectivity index (χ1v) is 18.7. The van der Waals surface area contributed by atoms with Gasteiger partial charge in [-0.1, -0.05) is 200 Å². The summed E-state index contributed by atoms with van der Waals surface area (Å²) in [4.78, 5) is 0. The van der Waals surface area contributed by atoms with E-state index in [2.05, 4.69) is 218 Å². The van der Waals surface area contributed by atoms with Gasteiger partial charge >= 0.3 is 0 Å². The maximum absolute atomic E-state index is 2.44. The lowest BCUT2D eigenvalue weighted by molar-refractivity contribution is 1.55. The number of rotatable bonds is 6. The van der Waals surface area contributed by atoms with Gasteiger partial charge < -0.3 is 0 Å². The molecule has 0 heteroatoms. The molecule has 0 bridgehead atoms. The van der Waals surface area contributed by atoms with Crippen LogP contribution in [-0.2, 0) is 0 Å². The molecule has 0 aliphatic carbocycles. The second kappa shape index (κ2) is 13.5. The van der Waals surface area contributed by atoms with Crippen molar-refractivity contribution in [3.63, 3.8) is 0 Å². The Morgan fingerprint density at radius 1 is 0.185 bits per heavy atom. The van der Waals surface area contributed by atoms with Gasteiger partial charge in [-0.25, -0.2) is 0 Å². The smallest absolute Gasteiger partial charge is 0.00261 e. The van der Waals surface area contributed by atoms with Crippen LogP contribution < -0.4 is 0 Å². The Bertz CT molecular complexity index is 2910. The Morgan fingerprint density at radius 3 is 1.33 bits per heavy atom. The van der Waals surface area contributed by atoms with Crippen molar-refractivity contribution < 1.29 is 0 Å². The van der Waals surface area contributed by atoms with Crippen LogP contribution in [0.2, 0.25) is 0 Å². The van der Waals surface area contributed by atoms with Crippen LogP contribution in [0, 0.1) is 0 Å². The van der Waals surface area contributed by atoms with Gasteiger partial charge in [0.1, 0.15) is 0 Å². The van der Waals surface area contributed by atoms with Crippen LogP contribution in [-0.4, -0.2) is 0 Å². The maximum Gasteiger partial charge on any atom is -0.00261 e. The van der Waals surface area contributed by atoms with Crippen molar-refractivity contribution >= 4 is 32.3 Å². The Labute approximate surface area is 316 Å². The van der Waals surface area contributed by atoms with E-state index in [-0.39, 0.29) is 0 Å². The van der Waals surface area contributed by atoms with Crippen molar-refractivity contribution in [2.24, 2.45) is 0 Å². The Hall–Kier alpha value is -7.02. The van der Waals surface area contributed by atoms with Gasteiger partial charge in [0.25, 0.3) is 0 Å². The second-order valence-corrected chi connectivity index (χ2v) is 14.0. The number of hydrogen-bond donors (Lipinski definition) is 0. The van der Waals surface area contributed by atoms with Crippen LogP contribution in [0.5, 0.6) is 0 Å². The lowest BCUT2D eigenvalue weighted by atomic mass is 9.83. The maximum atomic E-state index is 2.44. The fourth-order valence-electron chi connectivity index (χ4n) is 8.35. The molecule has 0 aliphatic heterocycles. The molecule has 0 unspecified atom stereocenters. The van der Waals surface area contributed by atoms with Crippen LogP contribution in [0.4, 0.5) is 0 Å². The molecular formula is C54H36. The lowest BCUT2D eigenvalue weighted by Crippen LogP contribution is -1.93. The third-order valence-electron chi connectivity index (χ3n) is 10.9. The molecule has 10 rings (SSSR count). The highest BCUT2D eigenvalue weighted by atomic mass is 14.2. The van der Waals surface area contributed by atoms with E-state index in [0.717, 1.165) is 0 Å². The molecule has 54 heavy (non-hydrogen) atoms. The zero-order chi connectivity index (χ0) is 35.8. The van der Waals surface area contributed by atoms with Crippen molar-refractivity contribution in [2.75, 3.05) is 0 Å². The summed E-state index contributed by atoms with van der Waals surface area (Å²) in [7, 11) is 0. The van der Waals surface area contributed by atoms with E-state index >= 15 is 0 Å². The summed E-state index contributed by atoms with van der Waals surface area (Å²) in [5.74, 6) is 0. The monoisotopic (exact) mass is 684 g/mol. The normalized spacial score (nSPS) is 11.3. The van der Waals surface area contributed by atoms with Crippen LogP contribution in [0.25, 0.3) is 99.1 Å².